The molecule has 16 heavy (non-hydrogen) atoms. The van der Waals surface area contributed by atoms with Gasteiger partial charge in [0.1, 0.15) is 0 Å². The molecule has 0 aromatic carbocycles. The van der Waals surface area contributed by atoms with Crippen LogP contribution in [0.25, 0.3) is 0 Å². The molecule has 1 aliphatic rings. The molecule has 0 radical (unpaired) electrons. The van der Waals surface area contributed by atoms with Crippen LogP contribution < -0.4 is 4.90 Å². The Bertz CT molecular complexity index is 391. The highest BCUT2D eigenvalue weighted by Crippen LogP contribution is 2.26. The number of carbonyl (C=O) groups excluding carboxylic acids is 1. The van der Waals surface area contributed by atoms with E-state index in [9.17, 15) is 4.79 Å². The second-order valence-corrected chi connectivity index (χ2v) is 4.11. The van der Waals surface area contributed by atoms with E-state index < -0.39 is 0 Å². The van der Waals surface area contributed by atoms with Crippen molar-refractivity contribution in [2.24, 2.45) is 18.9 Å². The van der Waals surface area contributed by atoms with E-state index in [0.717, 1.165) is 6.54 Å². The first kappa shape index (κ1) is 10.8. The molecular weight excluding hydrogens is 210 g/mol. The maximum Gasteiger partial charge on any atom is 0.310 e. The summed E-state index contributed by atoms with van der Waals surface area (Å²) < 4.78 is 6.38. The van der Waals surface area contributed by atoms with E-state index in [4.69, 9.17) is 4.74 Å². The lowest BCUT2D eigenvalue weighted by molar-refractivity contribution is -0.145. The molecule has 0 spiro atoms. The number of ether oxygens (including phenoxy) is 1. The van der Waals surface area contributed by atoms with Crippen molar-refractivity contribution >= 4 is 11.9 Å². The van der Waals surface area contributed by atoms with Crippen molar-refractivity contribution in [3.05, 3.63) is 0 Å². The van der Waals surface area contributed by atoms with E-state index >= 15 is 0 Å². The first-order chi connectivity index (χ1) is 7.63. The number of esters is 1. The van der Waals surface area contributed by atoms with Crippen LogP contribution in [0, 0.1) is 11.8 Å². The third-order valence-corrected chi connectivity index (χ3v) is 3.00. The summed E-state index contributed by atoms with van der Waals surface area (Å²) in [6.45, 7) is 3.42. The molecule has 1 aliphatic heterocycles. The van der Waals surface area contributed by atoms with Gasteiger partial charge in [-0.1, -0.05) is 12.0 Å². The Morgan fingerprint density at radius 1 is 1.50 bits per heavy atom. The minimum absolute atomic E-state index is 0.0956. The molecule has 2 atom stereocenters. The summed E-state index contributed by atoms with van der Waals surface area (Å²) in [4.78, 5) is 13.5. The average Bonchev–Trinajstić information content (AvgIpc) is 2.83. The summed E-state index contributed by atoms with van der Waals surface area (Å²) in [5.41, 5.74) is 0. The zero-order valence-corrected chi connectivity index (χ0v) is 9.62. The number of hydrogen-bond acceptors (Lipinski definition) is 6. The minimum atomic E-state index is -0.162. The molecule has 7 nitrogen and oxygen atoms in total. The van der Waals surface area contributed by atoms with Crippen LogP contribution in [0.1, 0.15) is 6.92 Å². The Morgan fingerprint density at radius 3 is 2.81 bits per heavy atom. The number of carbonyl (C=O) groups is 1. The summed E-state index contributed by atoms with van der Waals surface area (Å²) in [7, 11) is 3.20. The molecule has 0 aliphatic carbocycles. The van der Waals surface area contributed by atoms with Gasteiger partial charge in [-0.25, -0.2) is 4.68 Å². The van der Waals surface area contributed by atoms with Gasteiger partial charge in [-0.3, -0.25) is 4.79 Å². The van der Waals surface area contributed by atoms with Gasteiger partial charge >= 0.3 is 5.97 Å². The fourth-order valence-electron chi connectivity index (χ4n) is 2.08. The van der Waals surface area contributed by atoms with Crippen LogP contribution in [0.4, 0.5) is 5.95 Å². The van der Waals surface area contributed by atoms with Crippen molar-refractivity contribution in [3.63, 3.8) is 0 Å². The van der Waals surface area contributed by atoms with Gasteiger partial charge in [-0.2, -0.15) is 0 Å². The molecule has 88 valence electrons. The lowest BCUT2D eigenvalue weighted by atomic mass is 9.99. The number of rotatable bonds is 2. The van der Waals surface area contributed by atoms with Crippen LogP contribution in [0.3, 0.4) is 0 Å². The van der Waals surface area contributed by atoms with E-state index in [0.29, 0.717) is 12.5 Å². The Labute approximate surface area is 93.4 Å². The monoisotopic (exact) mass is 225 g/mol. The van der Waals surface area contributed by atoms with Crippen LogP contribution in [0.2, 0.25) is 0 Å². The van der Waals surface area contributed by atoms with E-state index in [1.165, 1.54) is 7.11 Å². The highest BCUT2D eigenvalue weighted by Gasteiger charge is 2.37. The van der Waals surface area contributed by atoms with Crippen molar-refractivity contribution < 1.29 is 9.53 Å². The van der Waals surface area contributed by atoms with Crippen LogP contribution in [0.15, 0.2) is 0 Å². The smallest absolute Gasteiger partial charge is 0.310 e. The number of hydrogen-bond donors (Lipinski definition) is 0. The average molecular weight is 225 g/mol. The Balaban J connectivity index is 2.12. The van der Waals surface area contributed by atoms with Crippen molar-refractivity contribution in [1.82, 2.24) is 20.2 Å². The SMILES string of the molecule is COC(=O)C1CN(c2nnnn2C)CC1C. The van der Waals surface area contributed by atoms with Gasteiger partial charge in [0.15, 0.2) is 0 Å². The van der Waals surface area contributed by atoms with Crippen molar-refractivity contribution in [2.45, 2.75) is 6.92 Å². The minimum Gasteiger partial charge on any atom is -0.469 e. The zero-order chi connectivity index (χ0) is 11.7. The highest BCUT2D eigenvalue weighted by atomic mass is 16.5. The summed E-state index contributed by atoms with van der Waals surface area (Å²) >= 11 is 0. The molecular formula is C9H15N5O2. The maximum atomic E-state index is 11.5. The molecule has 7 heteroatoms. The third kappa shape index (κ3) is 1.72. The lowest BCUT2D eigenvalue weighted by Crippen LogP contribution is -2.26. The molecule has 0 bridgehead atoms. The number of aromatic nitrogens is 4. The zero-order valence-electron chi connectivity index (χ0n) is 9.62. The van der Waals surface area contributed by atoms with E-state index in [1.807, 2.05) is 11.8 Å². The van der Waals surface area contributed by atoms with Gasteiger partial charge in [0, 0.05) is 20.1 Å². The van der Waals surface area contributed by atoms with Gasteiger partial charge in [-0.15, -0.1) is 0 Å². The topological polar surface area (TPSA) is 73.1 Å². The second-order valence-electron chi connectivity index (χ2n) is 4.11. The molecule has 1 fully saturated rings. The largest absolute Gasteiger partial charge is 0.469 e. The molecule has 1 saturated heterocycles. The predicted octanol–water partition coefficient (Wildman–Crippen LogP) is -0.545. The molecule has 1 aromatic rings. The number of methoxy groups -OCH3 is 1. The number of tetrazole rings is 1. The summed E-state index contributed by atoms with van der Waals surface area (Å²) in [6.07, 6.45) is 0. The molecule has 0 N–H and O–H groups in total. The summed E-state index contributed by atoms with van der Waals surface area (Å²) in [5.74, 6) is 0.689. The van der Waals surface area contributed by atoms with Crippen molar-refractivity contribution in [2.75, 3.05) is 25.1 Å². The molecule has 0 saturated carbocycles. The first-order valence-electron chi connectivity index (χ1n) is 5.18. The Hall–Kier alpha value is -1.66. The number of aryl methyl sites for hydroxylation is 1. The van der Waals surface area contributed by atoms with Crippen molar-refractivity contribution in [1.29, 1.82) is 0 Å². The normalized spacial score (nSPS) is 24.8. The molecule has 2 unspecified atom stereocenters. The van der Waals surface area contributed by atoms with E-state index in [1.54, 1.807) is 11.7 Å². The maximum absolute atomic E-state index is 11.5. The van der Waals surface area contributed by atoms with Crippen molar-refractivity contribution in [3.8, 4) is 0 Å². The van der Waals surface area contributed by atoms with Crippen LogP contribution in [-0.2, 0) is 16.6 Å². The summed E-state index contributed by atoms with van der Waals surface area (Å²) in [5, 5.41) is 11.3. The fourth-order valence-corrected chi connectivity index (χ4v) is 2.08. The molecule has 1 aromatic heterocycles. The fraction of sp³-hybridized carbons (Fsp3) is 0.778. The van der Waals surface area contributed by atoms with E-state index in [-0.39, 0.29) is 17.8 Å². The highest BCUT2D eigenvalue weighted by molar-refractivity contribution is 5.74. The quantitative estimate of drug-likeness (QED) is 0.629. The standard InChI is InChI=1S/C9H15N5O2/c1-6-4-14(5-7(6)8(15)16-3)9-10-11-12-13(9)2/h6-7H,4-5H2,1-3H3. The number of nitrogens with zero attached hydrogens (tertiary/aromatic N) is 5. The molecule has 2 rings (SSSR count). The van der Waals surface area contributed by atoms with Crippen LogP contribution >= 0.6 is 0 Å². The Kier molecular flexibility index (Phi) is 2.76. The molecule has 0 amide bonds. The van der Waals surface area contributed by atoms with Crippen LogP contribution in [-0.4, -0.2) is 46.4 Å². The number of anilines is 1. The first-order valence-corrected chi connectivity index (χ1v) is 5.18. The second kappa shape index (κ2) is 4.07. The van der Waals surface area contributed by atoms with Gasteiger partial charge < -0.3 is 9.64 Å². The lowest BCUT2D eigenvalue weighted by Gasteiger charge is -2.14. The van der Waals surface area contributed by atoms with Gasteiger partial charge in [-0.05, 0) is 16.3 Å². The van der Waals surface area contributed by atoms with E-state index in [2.05, 4.69) is 15.5 Å². The summed E-state index contributed by atoms with van der Waals surface area (Å²) in [6, 6.07) is 0. The van der Waals surface area contributed by atoms with Gasteiger partial charge in [0.25, 0.3) is 0 Å². The predicted molar refractivity (Wildman–Crippen MR) is 55.7 cm³/mol. The van der Waals surface area contributed by atoms with Gasteiger partial charge in [0.2, 0.25) is 5.95 Å². The third-order valence-electron chi connectivity index (χ3n) is 3.00. The van der Waals surface area contributed by atoms with Gasteiger partial charge in [0.05, 0.1) is 13.0 Å². The molecule has 2 heterocycles. The van der Waals surface area contributed by atoms with Crippen LogP contribution in [0.5, 0.6) is 0 Å². The Morgan fingerprint density at radius 2 is 2.25 bits per heavy atom.